The van der Waals surface area contributed by atoms with E-state index >= 15 is 0 Å². The van der Waals surface area contributed by atoms with Crippen LogP contribution in [0, 0.1) is 13.8 Å². The summed E-state index contributed by atoms with van der Waals surface area (Å²) >= 11 is 1.58. The van der Waals surface area contributed by atoms with Crippen molar-refractivity contribution in [1.82, 2.24) is 0 Å². The summed E-state index contributed by atoms with van der Waals surface area (Å²) in [6.07, 6.45) is 0.000787. The van der Waals surface area contributed by atoms with Gasteiger partial charge in [-0.1, -0.05) is 0 Å². The Balaban J connectivity index is 2.81. The zero-order chi connectivity index (χ0) is 10.0. The molecular formula is C9H13NO2S. The third-order valence-electron chi connectivity index (χ3n) is 1.81. The molecular weight excluding hydrogens is 186 g/mol. The summed E-state index contributed by atoms with van der Waals surface area (Å²) < 4.78 is 0. The van der Waals surface area contributed by atoms with Crippen LogP contribution in [0.3, 0.4) is 0 Å². The van der Waals surface area contributed by atoms with Crippen molar-refractivity contribution in [3.63, 3.8) is 0 Å². The highest BCUT2D eigenvalue weighted by molar-refractivity contribution is 7.12. The summed E-state index contributed by atoms with van der Waals surface area (Å²) in [4.78, 5) is 12.6. The average Bonchev–Trinajstić information content (AvgIpc) is 2.28. The van der Waals surface area contributed by atoms with Crippen LogP contribution in [-0.2, 0) is 4.79 Å². The molecule has 0 saturated heterocycles. The smallest absolute Gasteiger partial charge is 0.305 e. The van der Waals surface area contributed by atoms with Gasteiger partial charge in [-0.05, 0) is 25.5 Å². The van der Waals surface area contributed by atoms with Crippen LogP contribution in [0.5, 0.6) is 0 Å². The fourth-order valence-corrected chi connectivity index (χ4v) is 2.35. The quantitative estimate of drug-likeness (QED) is 0.780. The number of carbonyl (C=O) groups is 1. The number of hydrogen-bond acceptors (Lipinski definition) is 3. The molecule has 13 heavy (non-hydrogen) atoms. The number of carboxylic acid groups (broad SMARTS) is 1. The van der Waals surface area contributed by atoms with Crippen molar-refractivity contribution in [2.24, 2.45) is 5.73 Å². The second-order valence-corrected chi connectivity index (χ2v) is 4.40. The third kappa shape index (κ3) is 2.54. The Morgan fingerprint density at radius 2 is 2.31 bits per heavy atom. The molecule has 0 amide bonds. The molecule has 0 unspecified atom stereocenters. The van der Waals surface area contributed by atoms with Crippen molar-refractivity contribution in [3.05, 3.63) is 21.4 Å². The maximum atomic E-state index is 10.4. The molecule has 0 aromatic carbocycles. The van der Waals surface area contributed by atoms with Gasteiger partial charge in [-0.2, -0.15) is 0 Å². The average molecular weight is 199 g/mol. The third-order valence-corrected chi connectivity index (χ3v) is 3.10. The molecule has 0 saturated carbocycles. The van der Waals surface area contributed by atoms with E-state index in [9.17, 15) is 4.79 Å². The predicted molar refractivity (Wildman–Crippen MR) is 53.0 cm³/mol. The Labute approximate surface area is 81.2 Å². The zero-order valence-corrected chi connectivity index (χ0v) is 8.52. The molecule has 0 aliphatic heterocycles. The molecule has 0 radical (unpaired) electrons. The number of hydrogen-bond donors (Lipinski definition) is 2. The van der Waals surface area contributed by atoms with Crippen molar-refractivity contribution < 1.29 is 9.90 Å². The molecule has 1 heterocycles. The first-order valence-corrected chi connectivity index (χ1v) is 4.86. The van der Waals surface area contributed by atoms with Gasteiger partial charge in [0.15, 0.2) is 0 Å². The Kier molecular flexibility index (Phi) is 3.06. The lowest BCUT2D eigenvalue weighted by atomic mass is 10.1. The topological polar surface area (TPSA) is 63.3 Å². The maximum absolute atomic E-state index is 10.4. The highest BCUT2D eigenvalue weighted by atomic mass is 32.1. The van der Waals surface area contributed by atoms with Gasteiger partial charge in [-0.25, -0.2) is 0 Å². The van der Waals surface area contributed by atoms with E-state index in [2.05, 4.69) is 0 Å². The van der Waals surface area contributed by atoms with Crippen LogP contribution in [0.2, 0.25) is 0 Å². The minimum Gasteiger partial charge on any atom is -0.481 e. The maximum Gasteiger partial charge on any atom is 0.305 e. The normalized spacial score (nSPS) is 12.8. The Morgan fingerprint density at radius 1 is 1.69 bits per heavy atom. The van der Waals surface area contributed by atoms with Gasteiger partial charge in [0, 0.05) is 15.8 Å². The van der Waals surface area contributed by atoms with Crippen molar-refractivity contribution in [2.75, 3.05) is 0 Å². The number of aryl methyl sites for hydroxylation is 2. The minimum atomic E-state index is -0.849. The summed E-state index contributed by atoms with van der Waals surface area (Å²) in [6.45, 7) is 3.95. The van der Waals surface area contributed by atoms with E-state index in [4.69, 9.17) is 10.8 Å². The van der Waals surface area contributed by atoms with Crippen LogP contribution in [0.1, 0.15) is 27.8 Å². The summed E-state index contributed by atoms with van der Waals surface area (Å²) in [6, 6.07) is 1.66. The molecule has 0 aliphatic rings. The van der Waals surface area contributed by atoms with Gasteiger partial charge >= 0.3 is 5.97 Å². The fraction of sp³-hybridized carbons (Fsp3) is 0.444. The second-order valence-electron chi connectivity index (χ2n) is 3.11. The molecule has 0 fully saturated rings. The van der Waals surface area contributed by atoms with Gasteiger partial charge in [0.25, 0.3) is 0 Å². The molecule has 3 nitrogen and oxygen atoms in total. The standard InChI is InChI=1S/C9H13NO2S/c1-5-3-6(2)13-9(5)7(10)4-8(11)12/h3,7H,4,10H2,1-2H3,(H,11,12)/t7-/m0/s1. The van der Waals surface area contributed by atoms with Gasteiger partial charge < -0.3 is 10.8 Å². The van der Waals surface area contributed by atoms with Gasteiger partial charge in [-0.15, -0.1) is 11.3 Å². The Bertz CT molecular complexity index is 319. The number of rotatable bonds is 3. The van der Waals surface area contributed by atoms with Crippen molar-refractivity contribution in [1.29, 1.82) is 0 Å². The van der Waals surface area contributed by atoms with Crippen LogP contribution >= 0.6 is 11.3 Å². The number of nitrogens with two attached hydrogens (primary N) is 1. The summed E-state index contributed by atoms with van der Waals surface area (Å²) in [5.74, 6) is -0.849. The van der Waals surface area contributed by atoms with E-state index in [0.29, 0.717) is 0 Å². The molecule has 3 N–H and O–H groups in total. The van der Waals surface area contributed by atoms with Crippen LogP contribution in [0.25, 0.3) is 0 Å². The van der Waals surface area contributed by atoms with E-state index in [1.165, 1.54) is 4.88 Å². The minimum absolute atomic E-state index is 0.000787. The first-order valence-electron chi connectivity index (χ1n) is 4.05. The molecule has 0 bridgehead atoms. The Hall–Kier alpha value is -0.870. The molecule has 1 atom stereocenters. The number of carboxylic acids is 1. The van der Waals surface area contributed by atoms with Gasteiger partial charge in [0.1, 0.15) is 0 Å². The molecule has 1 aromatic heterocycles. The monoisotopic (exact) mass is 199 g/mol. The summed E-state index contributed by atoms with van der Waals surface area (Å²) in [7, 11) is 0. The first-order chi connectivity index (χ1) is 6.00. The lowest BCUT2D eigenvalue weighted by Crippen LogP contribution is -2.14. The van der Waals surface area contributed by atoms with E-state index < -0.39 is 5.97 Å². The van der Waals surface area contributed by atoms with Crippen LogP contribution < -0.4 is 5.73 Å². The fourth-order valence-electron chi connectivity index (χ4n) is 1.31. The Morgan fingerprint density at radius 3 is 2.69 bits per heavy atom. The van der Waals surface area contributed by atoms with E-state index in [1.807, 2.05) is 19.9 Å². The van der Waals surface area contributed by atoms with Gasteiger partial charge in [0.05, 0.1) is 6.42 Å². The molecule has 0 aliphatic carbocycles. The van der Waals surface area contributed by atoms with E-state index in [0.717, 1.165) is 10.4 Å². The number of thiophene rings is 1. The zero-order valence-electron chi connectivity index (χ0n) is 7.70. The molecule has 1 aromatic rings. The van der Waals surface area contributed by atoms with Crippen LogP contribution in [0.15, 0.2) is 6.07 Å². The molecule has 1 rings (SSSR count). The predicted octanol–water partition coefficient (Wildman–Crippen LogP) is 1.84. The summed E-state index contributed by atoms with van der Waals surface area (Å²) in [5.41, 5.74) is 6.83. The molecule has 4 heteroatoms. The number of aliphatic carboxylic acids is 1. The molecule has 72 valence electrons. The molecule has 0 spiro atoms. The van der Waals surface area contributed by atoms with Crippen molar-refractivity contribution >= 4 is 17.3 Å². The van der Waals surface area contributed by atoms with Crippen molar-refractivity contribution in [3.8, 4) is 0 Å². The SMILES string of the molecule is Cc1cc(C)c([C@@H](N)CC(=O)O)s1. The van der Waals surface area contributed by atoms with Gasteiger partial charge in [-0.3, -0.25) is 4.79 Å². The van der Waals surface area contributed by atoms with Crippen LogP contribution in [0.4, 0.5) is 0 Å². The van der Waals surface area contributed by atoms with Crippen molar-refractivity contribution in [2.45, 2.75) is 26.3 Å². The van der Waals surface area contributed by atoms with Gasteiger partial charge in [0.2, 0.25) is 0 Å². The highest BCUT2D eigenvalue weighted by Gasteiger charge is 2.14. The van der Waals surface area contributed by atoms with E-state index in [-0.39, 0.29) is 12.5 Å². The van der Waals surface area contributed by atoms with Crippen LogP contribution in [-0.4, -0.2) is 11.1 Å². The second kappa shape index (κ2) is 3.89. The summed E-state index contributed by atoms with van der Waals surface area (Å²) in [5, 5.41) is 8.57. The highest BCUT2D eigenvalue weighted by Crippen LogP contribution is 2.27. The first kappa shape index (κ1) is 10.2. The van der Waals surface area contributed by atoms with E-state index in [1.54, 1.807) is 11.3 Å². The lowest BCUT2D eigenvalue weighted by molar-refractivity contribution is -0.137. The largest absolute Gasteiger partial charge is 0.481 e. The lowest BCUT2D eigenvalue weighted by Gasteiger charge is -2.06.